The number of rotatable bonds is 3. The van der Waals surface area contributed by atoms with E-state index in [9.17, 15) is 0 Å². The lowest BCUT2D eigenvalue weighted by atomic mass is 10.2. The number of hydrogen-bond donors (Lipinski definition) is 0. The molecule has 4 heteroatoms. The maximum atomic E-state index is 5.35. The molecule has 0 aromatic rings. The van der Waals surface area contributed by atoms with Gasteiger partial charge in [-0.1, -0.05) is 6.08 Å². The molecule has 1 unspecified atom stereocenters. The SMILES string of the molecule is CC(/C=C/N1CCOCC1)N1CCOCC1. The van der Waals surface area contributed by atoms with Crippen LogP contribution in [0.15, 0.2) is 12.3 Å². The van der Waals surface area contributed by atoms with Crippen molar-refractivity contribution in [3.63, 3.8) is 0 Å². The predicted octanol–water partition coefficient (Wildman–Crippen LogP) is 0.553. The Hall–Kier alpha value is -0.580. The van der Waals surface area contributed by atoms with Gasteiger partial charge in [0.15, 0.2) is 0 Å². The largest absolute Gasteiger partial charge is 0.379 e. The summed E-state index contributed by atoms with van der Waals surface area (Å²) in [6, 6.07) is 0.506. The standard InChI is InChI=1S/C12H22N2O2/c1-12(14-6-10-16-11-7-14)2-3-13-4-8-15-9-5-13/h2-3,12H,4-11H2,1H3/b3-2+. The van der Waals surface area contributed by atoms with Gasteiger partial charge in [-0.15, -0.1) is 0 Å². The van der Waals surface area contributed by atoms with Crippen LogP contribution in [-0.4, -0.2) is 68.4 Å². The van der Waals surface area contributed by atoms with Crippen molar-refractivity contribution in [2.75, 3.05) is 52.6 Å². The highest BCUT2D eigenvalue weighted by molar-refractivity contribution is 4.93. The average Bonchev–Trinajstić information content (AvgIpc) is 2.38. The molecule has 0 N–H and O–H groups in total. The highest BCUT2D eigenvalue weighted by Gasteiger charge is 2.15. The van der Waals surface area contributed by atoms with E-state index >= 15 is 0 Å². The quantitative estimate of drug-likeness (QED) is 0.702. The zero-order valence-corrected chi connectivity index (χ0v) is 10.1. The van der Waals surface area contributed by atoms with Crippen LogP contribution >= 0.6 is 0 Å². The van der Waals surface area contributed by atoms with E-state index in [0.717, 1.165) is 52.6 Å². The first-order valence-electron chi connectivity index (χ1n) is 6.18. The Morgan fingerprint density at radius 3 is 2.12 bits per heavy atom. The van der Waals surface area contributed by atoms with E-state index in [4.69, 9.17) is 9.47 Å². The lowest BCUT2D eigenvalue weighted by Crippen LogP contribution is -2.41. The van der Waals surface area contributed by atoms with E-state index in [1.807, 2.05) is 0 Å². The highest BCUT2D eigenvalue weighted by atomic mass is 16.5. The van der Waals surface area contributed by atoms with E-state index in [2.05, 4.69) is 29.0 Å². The Balaban J connectivity index is 1.75. The van der Waals surface area contributed by atoms with Crippen molar-refractivity contribution in [2.45, 2.75) is 13.0 Å². The van der Waals surface area contributed by atoms with Crippen molar-refractivity contribution in [1.82, 2.24) is 9.80 Å². The molecule has 16 heavy (non-hydrogen) atoms. The third-order valence-electron chi connectivity index (χ3n) is 3.24. The number of morpholine rings is 2. The summed E-state index contributed by atoms with van der Waals surface area (Å²) in [7, 11) is 0. The van der Waals surface area contributed by atoms with Crippen LogP contribution in [0.4, 0.5) is 0 Å². The lowest BCUT2D eigenvalue weighted by molar-refractivity contribution is 0.0279. The molecular weight excluding hydrogens is 204 g/mol. The van der Waals surface area contributed by atoms with Gasteiger partial charge in [-0.25, -0.2) is 0 Å². The second-order valence-corrected chi connectivity index (χ2v) is 4.38. The Morgan fingerprint density at radius 1 is 0.938 bits per heavy atom. The molecule has 0 saturated carbocycles. The molecule has 2 heterocycles. The first kappa shape index (κ1) is 11.9. The Labute approximate surface area is 97.8 Å². The molecule has 2 aliphatic rings. The van der Waals surface area contributed by atoms with Crippen molar-refractivity contribution in [1.29, 1.82) is 0 Å². The molecule has 2 saturated heterocycles. The number of ether oxygens (including phenoxy) is 2. The molecule has 0 spiro atoms. The van der Waals surface area contributed by atoms with Crippen LogP contribution in [0.2, 0.25) is 0 Å². The maximum Gasteiger partial charge on any atom is 0.0642 e. The minimum atomic E-state index is 0.506. The summed E-state index contributed by atoms with van der Waals surface area (Å²) in [5.74, 6) is 0. The summed E-state index contributed by atoms with van der Waals surface area (Å²) < 4.78 is 10.7. The van der Waals surface area contributed by atoms with E-state index in [1.54, 1.807) is 0 Å². The molecule has 2 rings (SSSR count). The smallest absolute Gasteiger partial charge is 0.0642 e. The second-order valence-electron chi connectivity index (χ2n) is 4.38. The molecule has 0 bridgehead atoms. The van der Waals surface area contributed by atoms with Gasteiger partial charge in [0.2, 0.25) is 0 Å². The van der Waals surface area contributed by atoms with Crippen molar-refractivity contribution < 1.29 is 9.47 Å². The van der Waals surface area contributed by atoms with Gasteiger partial charge >= 0.3 is 0 Å². The van der Waals surface area contributed by atoms with Crippen LogP contribution in [0.3, 0.4) is 0 Å². The van der Waals surface area contributed by atoms with Crippen molar-refractivity contribution in [3.8, 4) is 0 Å². The summed E-state index contributed by atoms with van der Waals surface area (Å²) in [5, 5.41) is 0. The third-order valence-corrected chi connectivity index (χ3v) is 3.24. The van der Waals surface area contributed by atoms with Crippen LogP contribution in [-0.2, 0) is 9.47 Å². The fourth-order valence-electron chi connectivity index (χ4n) is 2.08. The molecule has 0 aliphatic carbocycles. The first-order valence-corrected chi connectivity index (χ1v) is 6.18. The van der Waals surface area contributed by atoms with E-state index in [0.29, 0.717) is 6.04 Å². The summed E-state index contributed by atoms with van der Waals surface area (Å²) in [6.07, 6.45) is 4.51. The summed E-state index contributed by atoms with van der Waals surface area (Å²) in [4.78, 5) is 4.79. The zero-order valence-electron chi connectivity index (χ0n) is 10.1. The van der Waals surface area contributed by atoms with Crippen molar-refractivity contribution in [2.24, 2.45) is 0 Å². The van der Waals surface area contributed by atoms with Gasteiger partial charge in [0.1, 0.15) is 0 Å². The van der Waals surface area contributed by atoms with Gasteiger partial charge in [-0.3, -0.25) is 4.90 Å². The normalized spacial score (nSPS) is 26.2. The molecule has 0 amide bonds. The minimum absolute atomic E-state index is 0.506. The van der Waals surface area contributed by atoms with Gasteiger partial charge < -0.3 is 14.4 Å². The van der Waals surface area contributed by atoms with E-state index < -0.39 is 0 Å². The van der Waals surface area contributed by atoms with E-state index in [1.165, 1.54) is 0 Å². The van der Waals surface area contributed by atoms with Crippen LogP contribution in [0.1, 0.15) is 6.92 Å². The van der Waals surface area contributed by atoms with Gasteiger partial charge in [0.05, 0.1) is 26.4 Å². The molecule has 92 valence electrons. The van der Waals surface area contributed by atoms with Crippen LogP contribution < -0.4 is 0 Å². The van der Waals surface area contributed by atoms with Crippen molar-refractivity contribution in [3.05, 3.63) is 12.3 Å². The first-order chi connectivity index (χ1) is 7.86. The molecule has 0 aromatic carbocycles. The van der Waals surface area contributed by atoms with Gasteiger partial charge in [0, 0.05) is 32.2 Å². The fourth-order valence-corrected chi connectivity index (χ4v) is 2.08. The van der Waals surface area contributed by atoms with Gasteiger partial charge in [0.25, 0.3) is 0 Å². The molecule has 1 atom stereocenters. The minimum Gasteiger partial charge on any atom is -0.379 e. The lowest BCUT2D eigenvalue weighted by Gasteiger charge is -2.31. The van der Waals surface area contributed by atoms with Crippen LogP contribution in [0.5, 0.6) is 0 Å². The Morgan fingerprint density at radius 2 is 1.50 bits per heavy atom. The molecule has 0 aromatic heterocycles. The molecule has 4 nitrogen and oxygen atoms in total. The molecule has 0 radical (unpaired) electrons. The Kier molecular flexibility index (Phi) is 4.63. The van der Waals surface area contributed by atoms with Gasteiger partial charge in [-0.05, 0) is 13.1 Å². The summed E-state index contributed by atoms with van der Waals surface area (Å²) >= 11 is 0. The average molecular weight is 226 g/mol. The maximum absolute atomic E-state index is 5.35. The monoisotopic (exact) mass is 226 g/mol. The molecular formula is C12H22N2O2. The molecule has 2 aliphatic heterocycles. The summed E-state index contributed by atoms with van der Waals surface area (Å²) in [5.41, 5.74) is 0. The summed E-state index contributed by atoms with van der Waals surface area (Å²) in [6.45, 7) is 9.85. The number of hydrogen-bond acceptors (Lipinski definition) is 4. The predicted molar refractivity (Wildman–Crippen MR) is 63.4 cm³/mol. The van der Waals surface area contributed by atoms with Crippen molar-refractivity contribution >= 4 is 0 Å². The second kappa shape index (κ2) is 6.23. The highest BCUT2D eigenvalue weighted by Crippen LogP contribution is 2.06. The zero-order chi connectivity index (χ0) is 11.2. The van der Waals surface area contributed by atoms with Gasteiger partial charge in [-0.2, -0.15) is 0 Å². The fraction of sp³-hybridized carbons (Fsp3) is 0.833. The van der Waals surface area contributed by atoms with Crippen LogP contribution in [0, 0.1) is 0 Å². The topological polar surface area (TPSA) is 24.9 Å². The van der Waals surface area contributed by atoms with E-state index in [-0.39, 0.29) is 0 Å². The third kappa shape index (κ3) is 3.47. The van der Waals surface area contributed by atoms with Crippen LogP contribution in [0.25, 0.3) is 0 Å². The Bertz CT molecular complexity index is 221. The molecule has 2 fully saturated rings. The number of nitrogens with zero attached hydrogens (tertiary/aromatic N) is 2.